The molecule has 0 heterocycles. The monoisotopic (exact) mass is 430 g/mol. The number of benzene rings is 3. The number of alkyl halides is 3. The van der Waals surface area contributed by atoms with Crippen molar-refractivity contribution in [2.45, 2.75) is 31.7 Å². The molecule has 0 saturated carbocycles. The highest BCUT2D eigenvalue weighted by Gasteiger charge is 2.29. The summed E-state index contributed by atoms with van der Waals surface area (Å²) in [5, 5.41) is 9.43. The van der Waals surface area contributed by atoms with Crippen molar-refractivity contribution in [1.82, 2.24) is 0 Å². The Labute approximate surface area is 177 Å². The Morgan fingerprint density at radius 3 is 2.03 bits per heavy atom. The van der Waals surface area contributed by atoms with Crippen molar-refractivity contribution in [2.24, 2.45) is 0 Å². The van der Waals surface area contributed by atoms with Gasteiger partial charge in [0.1, 0.15) is 18.1 Å². The van der Waals surface area contributed by atoms with Gasteiger partial charge in [-0.3, -0.25) is 0 Å². The normalized spacial score (nSPS) is 12.2. The minimum absolute atomic E-state index is 0.104. The topological polar surface area (TPSA) is 55.8 Å². The van der Waals surface area contributed by atoms with Gasteiger partial charge in [0, 0.05) is 0 Å². The number of rotatable bonds is 9. The lowest BCUT2D eigenvalue weighted by molar-refractivity contribution is -0.145. The van der Waals surface area contributed by atoms with E-state index in [0.717, 1.165) is 17.7 Å². The Morgan fingerprint density at radius 1 is 0.839 bits per heavy atom. The van der Waals surface area contributed by atoms with Crippen LogP contribution >= 0.6 is 0 Å². The van der Waals surface area contributed by atoms with Gasteiger partial charge in [0.05, 0.1) is 5.56 Å². The van der Waals surface area contributed by atoms with Crippen LogP contribution in [0, 0.1) is 0 Å². The Balaban J connectivity index is 1.53. The van der Waals surface area contributed by atoms with Gasteiger partial charge < -0.3 is 14.6 Å². The Hall–Kier alpha value is -3.48. The third-order valence-electron chi connectivity index (χ3n) is 4.60. The summed E-state index contributed by atoms with van der Waals surface area (Å²) >= 11 is 0. The van der Waals surface area contributed by atoms with Crippen molar-refractivity contribution in [2.75, 3.05) is 0 Å². The lowest BCUT2D eigenvalue weighted by Crippen LogP contribution is -2.27. The molecule has 0 aliphatic heterocycles. The highest BCUT2D eigenvalue weighted by molar-refractivity contribution is 5.72. The maximum Gasteiger partial charge on any atom is 0.416 e. The molecule has 0 aliphatic rings. The first-order valence-corrected chi connectivity index (χ1v) is 9.63. The second-order valence-electron chi connectivity index (χ2n) is 6.92. The molecular formula is C24H21F3O4. The van der Waals surface area contributed by atoms with Crippen LogP contribution in [-0.2, 0) is 24.0 Å². The van der Waals surface area contributed by atoms with Crippen molar-refractivity contribution in [3.8, 4) is 11.5 Å². The van der Waals surface area contributed by atoms with Gasteiger partial charge in [0.2, 0.25) is 0 Å². The summed E-state index contributed by atoms with van der Waals surface area (Å²) in [6, 6.07) is 20.7. The predicted octanol–water partition coefficient (Wildman–Crippen LogP) is 5.75. The van der Waals surface area contributed by atoms with E-state index < -0.39 is 23.8 Å². The molecule has 162 valence electrons. The maximum atomic E-state index is 12.6. The van der Waals surface area contributed by atoms with E-state index in [2.05, 4.69) is 0 Å². The zero-order valence-electron chi connectivity index (χ0n) is 16.5. The van der Waals surface area contributed by atoms with Crippen LogP contribution in [0.3, 0.4) is 0 Å². The molecule has 1 atom stereocenters. The Kier molecular flexibility index (Phi) is 7.18. The largest absolute Gasteiger partial charge is 0.489 e. The minimum atomic E-state index is -4.37. The number of ether oxygens (including phenoxy) is 2. The van der Waals surface area contributed by atoms with Gasteiger partial charge in [-0.2, -0.15) is 13.2 Å². The van der Waals surface area contributed by atoms with Gasteiger partial charge in [-0.15, -0.1) is 0 Å². The summed E-state index contributed by atoms with van der Waals surface area (Å²) in [7, 11) is 0. The molecule has 0 fully saturated rings. The van der Waals surface area contributed by atoms with E-state index >= 15 is 0 Å². The fourth-order valence-electron chi connectivity index (χ4n) is 2.91. The van der Waals surface area contributed by atoms with Gasteiger partial charge >= 0.3 is 12.1 Å². The fraction of sp³-hybridized carbons (Fsp3) is 0.208. The molecule has 0 radical (unpaired) electrons. The first kappa shape index (κ1) is 22.2. The van der Waals surface area contributed by atoms with Crippen LogP contribution in [0.5, 0.6) is 11.5 Å². The van der Waals surface area contributed by atoms with Crippen molar-refractivity contribution >= 4 is 5.97 Å². The molecule has 1 unspecified atom stereocenters. The van der Waals surface area contributed by atoms with Crippen molar-refractivity contribution in [1.29, 1.82) is 0 Å². The van der Waals surface area contributed by atoms with E-state index in [-0.39, 0.29) is 6.61 Å². The summed E-state index contributed by atoms with van der Waals surface area (Å²) < 4.78 is 49.0. The predicted molar refractivity (Wildman–Crippen MR) is 109 cm³/mol. The molecule has 3 aromatic carbocycles. The number of halogens is 3. The molecule has 4 nitrogen and oxygen atoms in total. The smallest absolute Gasteiger partial charge is 0.416 e. The summed E-state index contributed by atoms with van der Waals surface area (Å²) in [5.74, 6) is -0.163. The van der Waals surface area contributed by atoms with E-state index in [4.69, 9.17) is 9.47 Å². The first-order chi connectivity index (χ1) is 14.8. The van der Waals surface area contributed by atoms with E-state index in [9.17, 15) is 23.1 Å². The molecule has 0 bridgehead atoms. The first-order valence-electron chi connectivity index (χ1n) is 9.63. The standard InChI is InChI=1S/C24H21F3O4/c25-24(26,27)19-9-6-18(7-10-19)16-30-20-11-13-21(14-12-20)31-22(23(28)29)15-8-17-4-2-1-3-5-17/h1-7,9-14,22H,8,15-16H2,(H,28,29). The van der Waals surface area contributed by atoms with Crippen LogP contribution in [0.1, 0.15) is 23.1 Å². The summed E-state index contributed by atoms with van der Waals surface area (Å²) in [5.41, 5.74) is 0.919. The minimum Gasteiger partial charge on any atom is -0.489 e. The molecule has 7 heteroatoms. The molecule has 0 spiro atoms. The highest BCUT2D eigenvalue weighted by atomic mass is 19.4. The van der Waals surface area contributed by atoms with Gasteiger partial charge in [0.25, 0.3) is 0 Å². The van der Waals surface area contributed by atoms with Crippen molar-refractivity contribution in [3.05, 3.63) is 95.6 Å². The van der Waals surface area contributed by atoms with E-state index in [1.165, 1.54) is 12.1 Å². The second-order valence-corrected chi connectivity index (χ2v) is 6.92. The van der Waals surface area contributed by atoms with Crippen LogP contribution in [-0.4, -0.2) is 17.2 Å². The number of carboxylic acid groups (broad SMARTS) is 1. The summed E-state index contributed by atoms with van der Waals surface area (Å²) in [6.45, 7) is 0.104. The van der Waals surface area contributed by atoms with Crippen LogP contribution in [0.25, 0.3) is 0 Å². The van der Waals surface area contributed by atoms with Gasteiger partial charge in [0.15, 0.2) is 6.10 Å². The number of hydrogen-bond donors (Lipinski definition) is 1. The number of aryl methyl sites for hydroxylation is 1. The zero-order chi connectivity index (χ0) is 22.3. The molecule has 0 aromatic heterocycles. The molecule has 0 aliphatic carbocycles. The van der Waals surface area contributed by atoms with Crippen molar-refractivity contribution < 1.29 is 32.5 Å². The lowest BCUT2D eigenvalue weighted by Gasteiger charge is -2.15. The van der Waals surface area contributed by atoms with Crippen LogP contribution in [0.2, 0.25) is 0 Å². The summed E-state index contributed by atoms with van der Waals surface area (Å²) in [4.78, 5) is 11.5. The second kappa shape index (κ2) is 10.0. The van der Waals surface area contributed by atoms with Crippen LogP contribution in [0.15, 0.2) is 78.9 Å². The fourth-order valence-corrected chi connectivity index (χ4v) is 2.91. The number of carboxylic acids is 1. The average molecular weight is 430 g/mol. The Morgan fingerprint density at radius 2 is 1.45 bits per heavy atom. The van der Waals surface area contributed by atoms with Crippen LogP contribution < -0.4 is 9.47 Å². The molecule has 0 amide bonds. The van der Waals surface area contributed by atoms with Gasteiger partial charge in [-0.1, -0.05) is 42.5 Å². The number of aliphatic carboxylic acids is 1. The molecule has 31 heavy (non-hydrogen) atoms. The highest BCUT2D eigenvalue weighted by Crippen LogP contribution is 2.29. The zero-order valence-corrected chi connectivity index (χ0v) is 16.5. The molecular weight excluding hydrogens is 409 g/mol. The number of hydrogen-bond acceptors (Lipinski definition) is 3. The quantitative estimate of drug-likeness (QED) is 0.470. The third kappa shape index (κ3) is 6.77. The lowest BCUT2D eigenvalue weighted by atomic mass is 10.1. The average Bonchev–Trinajstić information content (AvgIpc) is 2.76. The molecule has 3 rings (SSSR count). The van der Waals surface area contributed by atoms with E-state index in [0.29, 0.717) is 29.9 Å². The van der Waals surface area contributed by atoms with Gasteiger partial charge in [-0.25, -0.2) is 4.79 Å². The Bertz CT molecular complexity index is 968. The van der Waals surface area contributed by atoms with Gasteiger partial charge in [-0.05, 0) is 60.4 Å². The third-order valence-corrected chi connectivity index (χ3v) is 4.60. The van der Waals surface area contributed by atoms with E-state index in [1.54, 1.807) is 24.3 Å². The maximum absolute atomic E-state index is 12.6. The summed E-state index contributed by atoms with van der Waals surface area (Å²) in [6.07, 6.45) is -4.46. The van der Waals surface area contributed by atoms with Crippen molar-refractivity contribution in [3.63, 3.8) is 0 Å². The molecule has 3 aromatic rings. The molecule has 0 saturated heterocycles. The SMILES string of the molecule is O=C(O)C(CCc1ccccc1)Oc1ccc(OCc2ccc(C(F)(F)F)cc2)cc1. The van der Waals surface area contributed by atoms with Crippen LogP contribution in [0.4, 0.5) is 13.2 Å². The molecule has 1 N–H and O–H groups in total. The van der Waals surface area contributed by atoms with E-state index in [1.807, 2.05) is 30.3 Å². The number of carbonyl (C=O) groups is 1.